The summed E-state index contributed by atoms with van der Waals surface area (Å²) in [5.74, 6) is 0.155. The van der Waals surface area contributed by atoms with Crippen molar-refractivity contribution in [2.24, 2.45) is 0 Å². The van der Waals surface area contributed by atoms with Gasteiger partial charge in [0.15, 0.2) is 5.15 Å². The fourth-order valence-electron chi connectivity index (χ4n) is 1.60. The minimum Gasteiger partial charge on any atom is -0.398 e. The van der Waals surface area contributed by atoms with E-state index in [1.54, 1.807) is 18.3 Å². The molecule has 6 heteroatoms. The first-order valence-electron chi connectivity index (χ1n) is 5.96. The van der Waals surface area contributed by atoms with Gasteiger partial charge in [0.25, 0.3) is 0 Å². The molecule has 0 fully saturated rings. The number of anilines is 2. The maximum absolute atomic E-state index is 11.9. The van der Waals surface area contributed by atoms with Crippen LogP contribution in [0.3, 0.4) is 0 Å². The van der Waals surface area contributed by atoms with Gasteiger partial charge in [-0.05, 0) is 36.8 Å². The van der Waals surface area contributed by atoms with Gasteiger partial charge in [0.05, 0.1) is 11.4 Å². The van der Waals surface area contributed by atoms with Gasteiger partial charge < -0.3 is 11.1 Å². The number of benzene rings is 1. The highest BCUT2D eigenvalue weighted by Gasteiger charge is 2.08. The minimum absolute atomic E-state index is 0.133. The molecule has 1 amide bonds. The number of hydrogen-bond donors (Lipinski definition) is 2. The van der Waals surface area contributed by atoms with Crippen molar-refractivity contribution in [2.75, 3.05) is 16.8 Å². The first kappa shape index (κ1) is 14.7. The van der Waals surface area contributed by atoms with E-state index in [9.17, 15) is 4.79 Å². The second-order valence-corrected chi connectivity index (χ2v) is 5.52. The number of rotatable bonds is 4. The molecule has 0 radical (unpaired) electrons. The second kappa shape index (κ2) is 6.63. The van der Waals surface area contributed by atoms with Crippen molar-refractivity contribution < 1.29 is 4.79 Å². The first-order chi connectivity index (χ1) is 9.58. The van der Waals surface area contributed by atoms with Gasteiger partial charge in [-0.15, -0.1) is 11.8 Å². The fourth-order valence-corrected chi connectivity index (χ4v) is 2.63. The van der Waals surface area contributed by atoms with Crippen molar-refractivity contribution in [2.45, 2.75) is 11.8 Å². The summed E-state index contributed by atoms with van der Waals surface area (Å²) >= 11 is 7.32. The van der Waals surface area contributed by atoms with Crippen LogP contribution in [-0.4, -0.2) is 16.6 Å². The van der Waals surface area contributed by atoms with E-state index in [1.807, 2.05) is 25.1 Å². The Morgan fingerprint density at radius 3 is 2.95 bits per heavy atom. The molecule has 0 aliphatic carbocycles. The summed E-state index contributed by atoms with van der Waals surface area (Å²) < 4.78 is 0. The number of nitrogens with one attached hydrogen (secondary N) is 1. The molecule has 1 heterocycles. The van der Waals surface area contributed by atoms with Crippen LogP contribution in [0.1, 0.15) is 5.56 Å². The van der Waals surface area contributed by atoms with Crippen molar-refractivity contribution in [1.29, 1.82) is 0 Å². The Kier molecular flexibility index (Phi) is 4.87. The number of amides is 1. The van der Waals surface area contributed by atoms with E-state index in [4.69, 9.17) is 17.3 Å². The lowest BCUT2D eigenvalue weighted by molar-refractivity contribution is -0.113. The molecule has 3 N–H and O–H groups in total. The normalized spacial score (nSPS) is 10.3. The smallest absolute Gasteiger partial charge is 0.234 e. The number of pyridine rings is 1. The van der Waals surface area contributed by atoms with E-state index < -0.39 is 0 Å². The number of thioether (sulfide) groups is 1. The number of carbonyl (C=O) groups is 1. The van der Waals surface area contributed by atoms with Gasteiger partial charge in [0.1, 0.15) is 0 Å². The lowest BCUT2D eigenvalue weighted by Gasteiger charge is -2.09. The molecule has 0 spiro atoms. The Hall–Kier alpha value is -1.72. The van der Waals surface area contributed by atoms with E-state index in [1.165, 1.54) is 11.8 Å². The van der Waals surface area contributed by atoms with Gasteiger partial charge in [-0.1, -0.05) is 17.7 Å². The number of hydrogen-bond acceptors (Lipinski definition) is 4. The van der Waals surface area contributed by atoms with Crippen molar-refractivity contribution in [1.82, 2.24) is 4.98 Å². The van der Waals surface area contributed by atoms with Crippen LogP contribution in [0.2, 0.25) is 5.15 Å². The maximum atomic E-state index is 11.9. The molecule has 0 saturated heterocycles. The predicted molar refractivity (Wildman–Crippen MR) is 84.2 cm³/mol. The third-order valence-electron chi connectivity index (χ3n) is 2.72. The van der Waals surface area contributed by atoms with Crippen LogP contribution in [0.4, 0.5) is 11.4 Å². The Labute approximate surface area is 126 Å². The number of nitrogens with two attached hydrogens (primary N) is 1. The first-order valence-corrected chi connectivity index (χ1v) is 7.32. The van der Waals surface area contributed by atoms with Gasteiger partial charge >= 0.3 is 0 Å². The summed E-state index contributed by atoms with van der Waals surface area (Å²) in [4.78, 5) is 16.8. The lowest BCUT2D eigenvalue weighted by atomic mass is 10.2. The summed E-state index contributed by atoms with van der Waals surface area (Å²) in [6, 6.07) is 9.09. The highest BCUT2D eigenvalue weighted by molar-refractivity contribution is 8.00. The standard InChI is InChI=1S/C14H14ClN3OS/c1-9-10(16)4-2-6-12(9)20-8-13(19)18-11-5-3-7-17-14(11)15/h2-7H,8,16H2,1H3,(H,18,19). The second-order valence-electron chi connectivity index (χ2n) is 4.15. The molecular formula is C14H14ClN3OS. The van der Waals surface area contributed by atoms with Crippen molar-refractivity contribution in [3.05, 3.63) is 47.2 Å². The summed E-state index contributed by atoms with van der Waals surface area (Å²) in [7, 11) is 0. The van der Waals surface area contributed by atoms with Gasteiger partial charge in [-0.3, -0.25) is 4.79 Å². The van der Waals surface area contributed by atoms with E-state index in [-0.39, 0.29) is 16.8 Å². The van der Waals surface area contributed by atoms with Crippen molar-refractivity contribution in [3.8, 4) is 0 Å². The third kappa shape index (κ3) is 3.65. The van der Waals surface area contributed by atoms with E-state index >= 15 is 0 Å². The van der Waals surface area contributed by atoms with Crippen molar-refractivity contribution in [3.63, 3.8) is 0 Å². The van der Waals surface area contributed by atoms with Gasteiger partial charge in [-0.2, -0.15) is 0 Å². The number of nitrogens with zero attached hydrogens (tertiary/aromatic N) is 1. The molecule has 4 nitrogen and oxygen atoms in total. The average molecular weight is 308 g/mol. The molecule has 20 heavy (non-hydrogen) atoms. The summed E-state index contributed by atoms with van der Waals surface area (Å²) in [5.41, 5.74) is 8.07. The third-order valence-corrected chi connectivity index (χ3v) is 4.18. The van der Waals surface area contributed by atoms with Gasteiger partial charge in [-0.25, -0.2) is 4.98 Å². The summed E-state index contributed by atoms with van der Waals surface area (Å²) in [6.07, 6.45) is 1.57. The molecule has 0 aliphatic heterocycles. The number of nitrogen functional groups attached to an aromatic ring is 1. The van der Waals surface area contributed by atoms with Crippen molar-refractivity contribution >= 4 is 40.6 Å². The van der Waals surface area contributed by atoms with Gasteiger partial charge in [0, 0.05) is 16.8 Å². The van der Waals surface area contributed by atoms with E-state index in [0.717, 1.165) is 16.1 Å². The average Bonchev–Trinajstić information content (AvgIpc) is 2.43. The Morgan fingerprint density at radius 1 is 1.40 bits per heavy atom. The molecule has 0 aliphatic rings. The Balaban J connectivity index is 1.96. The van der Waals surface area contributed by atoms with Crippen LogP contribution in [0, 0.1) is 6.92 Å². The Morgan fingerprint density at radius 2 is 2.20 bits per heavy atom. The summed E-state index contributed by atoms with van der Waals surface area (Å²) in [5, 5.41) is 3.01. The molecule has 1 aromatic heterocycles. The van der Waals surface area contributed by atoms with Crippen LogP contribution in [0.5, 0.6) is 0 Å². The molecule has 1 aromatic carbocycles. The monoisotopic (exact) mass is 307 g/mol. The zero-order valence-electron chi connectivity index (χ0n) is 10.9. The number of aromatic nitrogens is 1. The molecule has 0 atom stereocenters. The molecule has 0 bridgehead atoms. The maximum Gasteiger partial charge on any atom is 0.234 e. The fraction of sp³-hybridized carbons (Fsp3) is 0.143. The molecule has 2 aromatic rings. The van der Waals surface area contributed by atoms with E-state index in [0.29, 0.717) is 5.69 Å². The zero-order chi connectivity index (χ0) is 14.5. The van der Waals surface area contributed by atoms with E-state index in [2.05, 4.69) is 10.3 Å². The molecule has 0 saturated carbocycles. The number of carbonyl (C=O) groups excluding carboxylic acids is 1. The minimum atomic E-state index is -0.133. The molecular weight excluding hydrogens is 294 g/mol. The van der Waals surface area contributed by atoms with Crippen LogP contribution in [-0.2, 0) is 4.79 Å². The Bertz CT molecular complexity index is 634. The summed E-state index contributed by atoms with van der Waals surface area (Å²) in [6.45, 7) is 1.94. The van der Waals surface area contributed by atoms with Gasteiger partial charge in [0.2, 0.25) is 5.91 Å². The molecule has 104 valence electrons. The largest absolute Gasteiger partial charge is 0.398 e. The quantitative estimate of drug-likeness (QED) is 0.516. The SMILES string of the molecule is Cc1c(N)cccc1SCC(=O)Nc1cccnc1Cl. The van der Waals surface area contributed by atoms with Crippen LogP contribution in [0.15, 0.2) is 41.4 Å². The van der Waals surface area contributed by atoms with Crippen LogP contribution >= 0.6 is 23.4 Å². The topological polar surface area (TPSA) is 68.0 Å². The zero-order valence-corrected chi connectivity index (χ0v) is 12.5. The highest BCUT2D eigenvalue weighted by atomic mass is 35.5. The number of halogens is 1. The molecule has 2 rings (SSSR count). The predicted octanol–water partition coefficient (Wildman–Crippen LogP) is 3.36. The van der Waals surface area contributed by atoms with Crippen LogP contribution in [0.25, 0.3) is 0 Å². The lowest BCUT2D eigenvalue weighted by Crippen LogP contribution is -2.14. The highest BCUT2D eigenvalue weighted by Crippen LogP contribution is 2.26. The molecule has 0 unspecified atom stereocenters. The van der Waals surface area contributed by atoms with Crippen LogP contribution < -0.4 is 11.1 Å².